The van der Waals surface area contributed by atoms with Gasteiger partial charge in [-0.15, -0.1) is 0 Å². The van der Waals surface area contributed by atoms with E-state index in [1.807, 2.05) is 0 Å². The minimum atomic E-state index is -0.676. The molecule has 2 nitrogen and oxygen atoms in total. The first-order valence-electron chi connectivity index (χ1n) is 5.67. The van der Waals surface area contributed by atoms with Crippen LogP contribution in [0.1, 0.15) is 51.4 Å². The van der Waals surface area contributed by atoms with E-state index in [2.05, 4.69) is 12.2 Å². The Morgan fingerprint density at radius 2 is 2.00 bits per heavy atom. The molecule has 1 fully saturated rings. The molecule has 14 heavy (non-hydrogen) atoms. The Bertz CT molecular complexity index is 190. The van der Waals surface area contributed by atoms with Gasteiger partial charge >= 0.3 is 5.97 Å². The topological polar surface area (TPSA) is 37.3 Å². The molecule has 0 aromatic heterocycles. The smallest absolute Gasteiger partial charge is 0.303 e. The van der Waals surface area contributed by atoms with Gasteiger partial charge in [-0.2, -0.15) is 0 Å². The summed E-state index contributed by atoms with van der Waals surface area (Å²) in [5.41, 5.74) is 0. The zero-order valence-corrected chi connectivity index (χ0v) is 8.74. The quantitative estimate of drug-likeness (QED) is 0.522. The van der Waals surface area contributed by atoms with E-state index in [1.165, 1.54) is 25.7 Å². The summed E-state index contributed by atoms with van der Waals surface area (Å²) in [4.78, 5) is 10.2. The predicted octanol–water partition coefficient (Wildman–Crippen LogP) is 3.38. The van der Waals surface area contributed by atoms with E-state index in [9.17, 15) is 4.79 Å². The molecule has 0 spiro atoms. The van der Waals surface area contributed by atoms with E-state index >= 15 is 0 Å². The normalized spacial score (nSPS) is 18.0. The Labute approximate surface area is 86.0 Å². The number of rotatable bonds is 6. The van der Waals surface area contributed by atoms with Crippen molar-refractivity contribution < 1.29 is 9.90 Å². The third kappa shape index (κ3) is 5.05. The second-order valence-corrected chi connectivity index (χ2v) is 4.11. The molecule has 1 aliphatic rings. The lowest BCUT2D eigenvalue weighted by molar-refractivity contribution is -0.137. The van der Waals surface area contributed by atoms with E-state index < -0.39 is 5.97 Å². The molecular formula is C12H20O2. The van der Waals surface area contributed by atoms with Crippen LogP contribution in [0.3, 0.4) is 0 Å². The fourth-order valence-corrected chi connectivity index (χ4v) is 1.98. The van der Waals surface area contributed by atoms with Crippen molar-refractivity contribution in [2.24, 2.45) is 5.92 Å². The van der Waals surface area contributed by atoms with Crippen LogP contribution in [0, 0.1) is 5.92 Å². The molecule has 0 heterocycles. The Kier molecular flexibility index (Phi) is 5.35. The summed E-state index contributed by atoms with van der Waals surface area (Å²) < 4.78 is 0. The first kappa shape index (κ1) is 11.3. The summed E-state index contributed by atoms with van der Waals surface area (Å²) in [6, 6.07) is 0. The van der Waals surface area contributed by atoms with Gasteiger partial charge in [0.15, 0.2) is 0 Å². The maximum absolute atomic E-state index is 10.2. The van der Waals surface area contributed by atoms with Crippen LogP contribution in [0.5, 0.6) is 0 Å². The first-order valence-corrected chi connectivity index (χ1v) is 5.67. The van der Waals surface area contributed by atoms with Crippen LogP contribution >= 0.6 is 0 Å². The molecule has 0 bridgehead atoms. The molecule has 0 aromatic carbocycles. The summed E-state index contributed by atoms with van der Waals surface area (Å²) in [6.07, 6.45) is 13.2. The van der Waals surface area contributed by atoms with Crippen molar-refractivity contribution in [3.8, 4) is 0 Å². The SMILES string of the molecule is O=C(O)CCCCC=CC1CCCC1. The molecule has 2 heteroatoms. The Morgan fingerprint density at radius 1 is 1.29 bits per heavy atom. The summed E-state index contributed by atoms with van der Waals surface area (Å²) >= 11 is 0. The number of hydrogen-bond donors (Lipinski definition) is 1. The molecule has 0 radical (unpaired) electrons. The van der Waals surface area contributed by atoms with Crippen LogP contribution in [-0.4, -0.2) is 11.1 Å². The van der Waals surface area contributed by atoms with Crippen LogP contribution < -0.4 is 0 Å². The average Bonchev–Trinajstić information content (AvgIpc) is 2.63. The maximum Gasteiger partial charge on any atom is 0.303 e. The van der Waals surface area contributed by atoms with Gasteiger partial charge in [-0.1, -0.05) is 25.0 Å². The molecule has 0 aromatic rings. The van der Waals surface area contributed by atoms with Crippen molar-refractivity contribution in [1.29, 1.82) is 0 Å². The van der Waals surface area contributed by atoms with Crippen LogP contribution in [0.15, 0.2) is 12.2 Å². The zero-order chi connectivity index (χ0) is 10.2. The van der Waals surface area contributed by atoms with Crippen LogP contribution in [0.2, 0.25) is 0 Å². The van der Waals surface area contributed by atoms with Crippen molar-refractivity contribution in [1.82, 2.24) is 0 Å². The monoisotopic (exact) mass is 196 g/mol. The minimum absolute atomic E-state index is 0.317. The van der Waals surface area contributed by atoms with Gasteiger partial charge in [-0.25, -0.2) is 0 Å². The fourth-order valence-electron chi connectivity index (χ4n) is 1.98. The maximum atomic E-state index is 10.2. The zero-order valence-electron chi connectivity index (χ0n) is 8.74. The van der Waals surface area contributed by atoms with Gasteiger partial charge in [-0.05, 0) is 38.0 Å². The minimum Gasteiger partial charge on any atom is -0.481 e. The highest BCUT2D eigenvalue weighted by molar-refractivity contribution is 5.66. The molecule has 0 atom stereocenters. The van der Waals surface area contributed by atoms with E-state index in [1.54, 1.807) is 0 Å². The molecule has 0 aliphatic heterocycles. The first-order chi connectivity index (χ1) is 6.79. The molecule has 0 saturated heterocycles. The molecule has 1 N–H and O–H groups in total. The molecule has 80 valence electrons. The van der Waals surface area contributed by atoms with E-state index in [4.69, 9.17) is 5.11 Å². The average molecular weight is 196 g/mol. The highest BCUT2D eigenvalue weighted by Gasteiger charge is 2.10. The van der Waals surface area contributed by atoms with Crippen molar-refractivity contribution in [3.63, 3.8) is 0 Å². The van der Waals surface area contributed by atoms with E-state index in [-0.39, 0.29) is 0 Å². The van der Waals surface area contributed by atoms with Crippen LogP contribution in [-0.2, 0) is 4.79 Å². The van der Waals surface area contributed by atoms with Gasteiger partial charge in [0, 0.05) is 6.42 Å². The number of carbonyl (C=O) groups is 1. The molecular weight excluding hydrogens is 176 g/mol. The second kappa shape index (κ2) is 6.63. The Morgan fingerprint density at radius 3 is 2.64 bits per heavy atom. The lowest BCUT2D eigenvalue weighted by Crippen LogP contribution is -1.93. The number of carboxylic acid groups (broad SMARTS) is 1. The summed E-state index contributed by atoms with van der Waals surface area (Å²) in [5, 5.41) is 8.42. The molecule has 1 aliphatic carbocycles. The standard InChI is InChI=1S/C12H20O2/c13-12(14)10-4-2-1-3-7-11-8-5-6-9-11/h3,7,11H,1-2,4-6,8-10H2,(H,13,14). The van der Waals surface area contributed by atoms with Crippen molar-refractivity contribution >= 4 is 5.97 Å². The lowest BCUT2D eigenvalue weighted by Gasteiger charge is -1.99. The summed E-state index contributed by atoms with van der Waals surface area (Å²) in [5.74, 6) is 0.138. The molecule has 0 amide bonds. The number of unbranched alkanes of at least 4 members (excludes halogenated alkanes) is 2. The number of aliphatic carboxylic acids is 1. The third-order valence-electron chi connectivity index (χ3n) is 2.82. The van der Waals surface area contributed by atoms with Gasteiger partial charge in [0.2, 0.25) is 0 Å². The van der Waals surface area contributed by atoms with Gasteiger partial charge in [-0.3, -0.25) is 4.79 Å². The van der Waals surface area contributed by atoms with Crippen molar-refractivity contribution in [3.05, 3.63) is 12.2 Å². The fraction of sp³-hybridized carbons (Fsp3) is 0.750. The summed E-state index contributed by atoms with van der Waals surface area (Å²) in [7, 11) is 0. The van der Waals surface area contributed by atoms with Crippen molar-refractivity contribution in [2.75, 3.05) is 0 Å². The Balaban J connectivity index is 1.94. The second-order valence-electron chi connectivity index (χ2n) is 4.11. The number of carboxylic acids is 1. The number of allylic oxidation sites excluding steroid dienone is 2. The van der Waals surface area contributed by atoms with E-state index in [0.29, 0.717) is 6.42 Å². The molecule has 1 rings (SSSR count). The molecule has 1 saturated carbocycles. The highest BCUT2D eigenvalue weighted by Crippen LogP contribution is 2.25. The van der Waals surface area contributed by atoms with Gasteiger partial charge < -0.3 is 5.11 Å². The Hall–Kier alpha value is -0.790. The van der Waals surface area contributed by atoms with Gasteiger partial charge in [0.25, 0.3) is 0 Å². The largest absolute Gasteiger partial charge is 0.481 e. The van der Waals surface area contributed by atoms with Crippen molar-refractivity contribution in [2.45, 2.75) is 51.4 Å². The third-order valence-corrected chi connectivity index (χ3v) is 2.82. The van der Waals surface area contributed by atoms with E-state index in [0.717, 1.165) is 25.2 Å². The molecule has 0 unspecified atom stereocenters. The van der Waals surface area contributed by atoms with Crippen LogP contribution in [0.4, 0.5) is 0 Å². The summed E-state index contributed by atoms with van der Waals surface area (Å²) in [6.45, 7) is 0. The van der Waals surface area contributed by atoms with Crippen LogP contribution in [0.25, 0.3) is 0 Å². The lowest BCUT2D eigenvalue weighted by atomic mass is 10.1. The van der Waals surface area contributed by atoms with Gasteiger partial charge in [0.05, 0.1) is 0 Å². The van der Waals surface area contributed by atoms with Gasteiger partial charge in [0.1, 0.15) is 0 Å². The highest BCUT2D eigenvalue weighted by atomic mass is 16.4. The predicted molar refractivity (Wildman–Crippen MR) is 57.2 cm³/mol. The number of hydrogen-bond acceptors (Lipinski definition) is 1.